The highest BCUT2D eigenvalue weighted by Crippen LogP contribution is 2.33. The first-order valence-electron chi connectivity index (χ1n) is 7.20. The van der Waals surface area contributed by atoms with Gasteiger partial charge in [-0.05, 0) is 46.4 Å². The van der Waals surface area contributed by atoms with Crippen molar-refractivity contribution in [2.75, 3.05) is 7.11 Å². The Bertz CT molecular complexity index is 1060. The number of hydrogen-bond acceptors (Lipinski definition) is 4. The Labute approximate surface area is 167 Å². The van der Waals surface area contributed by atoms with Gasteiger partial charge in [-0.1, -0.05) is 46.3 Å². The molecule has 0 saturated heterocycles. The minimum Gasteiger partial charge on any atom is -0.465 e. The fraction of sp³-hybridized carbons (Fsp3) is 0.118. The summed E-state index contributed by atoms with van der Waals surface area (Å²) in [6.45, 7) is 0. The molecule has 3 aromatic rings. The van der Waals surface area contributed by atoms with Crippen molar-refractivity contribution in [3.63, 3.8) is 0 Å². The summed E-state index contributed by atoms with van der Waals surface area (Å²) in [5.74, 6) is -0.746. The zero-order chi connectivity index (χ0) is 18.2. The van der Waals surface area contributed by atoms with E-state index in [1.165, 1.54) is 11.1 Å². The fourth-order valence-electron chi connectivity index (χ4n) is 2.62. The summed E-state index contributed by atoms with van der Waals surface area (Å²) in [4.78, 5) is 12.1. The molecule has 130 valence electrons. The van der Waals surface area contributed by atoms with Gasteiger partial charge in [0.1, 0.15) is 0 Å². The molecule has 8 heteroatoms. The lowest BCUT2D eigenvalue weighted by atomic mass is 10.1. The van der Waals surface area contributed by atoms with Crippen molar-refractivity contribution in [2.45, 2.75) is 5.75 Å². The molecule has 0 aliphatic carbocycles. The zero-order valence-electron chi connectivity index (χ0n) is 13.1. The quantitative estimate of drug-likeness (QED) is 0.373. The molecule has 0 fully saturated rings. The van der Waals surface area contributed by atoms with Crippen molar-refractivity contribution in [1.82, 2.24) is 3.97 Å². The maximum Gasteiger partial charge on any atom is 0.340 e. The van der Waals surface area contributed by atoms with E-state index in [2.05, 4.69) is 15.9 Å². The molecular weight excluding hydrogens is 521 g/mol. The van der Waals surface area contributed by atoms with E-state index in [4.69, 9.17) is 4.74 Å². The number of hydrogen-bond donors (Lipinski definition) is 0. The third kappa shape index (κ3) is 3.47. The van der Waals surface area contributed by atoms with E-state index in [1.807, 2.05) is 28.7 Å². The largest absolute Gasteiger partial charge is 0.465 e. The van der Waals surface area contributed by atoms with Gasteiger partial charge in [-0.2, -0.15) is 0 Å². The molecule has 25 heavy (non-hydrogen) atoms. The Balaban J connectivity index is 2.27. The van der Waals surface area contributed by atoms with Crippen LogP contribution >= 0.6 is 38.5 Å². The molecular formula is C17H13BrINO4S. The summed E-state index contributed by atoms with van der Waals surface area (Å²) in [6, 6.07) is 13.9. The van der Waals surface area contributed by atoms with Crippen LogP contribution in [0.15, 0.2) is 53.0 Å². The van der Waals surface area contributed by atoms with Gasteiger partial charge in [-0.15, -0.1) is 0 Å². The van der Waals surface area contributed by atoms with Crippen molar-refractivity contribution in [3.05, 3.63) is 67.8 Å². The molecule has 0 N–H and O–H groups in total. The number of nitrogens with zero attached hydrogens (tertiary/aromatic N) is 1. The monoisotopic (exact) mass is 533 g/mol. The number of benzene rings is 2. The van der Waals surface area contributed by atoms with Crippen LogP contribution in [-0.4, -0.2) is 25.5 Å². The number of rotatable bonds is 4. The van der Waals surface area contributed by atoms with Gasteiger partial charge in [0.15, 0.2) is 0 Å². The standard InChI is InChI=1S/C17H13BrINO4S/c1-24-17(21)12-7-8-14(18)13-9-15(19)20(16(12)13)25(22,23)10-11-5-3-2-4-6-11/h2-9H,10H2,1H3. The van der Waals surface area contributed by atoms with Crippen LogP contribution in [0.25, 0.3) is 10.9 Å². The van der Waals surface area contributed by atoms with Crippen LogP contribution in [0.2, 0.25) is 0 Å². The van der Waals surface area contributed by atoms with Crippen LogP contribution in [-0.2, 0) is 20.5 Å². The number of methoxy groups -OCH3 is 1. The molecule has 5 nitrogen and oxygen atoms in total. The van der Waals surface area contributed by atoms with Crippen molar-refractivity contribution < 1.29 is 17.9 Å². The van der Waals surface area contributed by atoms with E-state index in [-0.39, 0.29) is 11.3 Å². The molecule has 0 amide bonds. The highest BCUT2D eigenvalue weighted by molar-refractivity contribution is 14.1. The lowest BCUT2D eigenvalue weighted by Crippen LogP contribution is -2.18. The maximum absolute atomic E-state index is 13.1. The highest BCUT2D eigenvalue weighted by atomic mass is 127. The number of ether oxygens (including phenoxy) is 1. The number of carbonyl (C=O) groups is 1. The second-order valence-electron chi connectivity index (χ2n) is 5.32. The van der Waals surface area contributed by atoms with Crippen LogP contribution in [0, 0.1) is 3.70 Å². The summed E-state index contributed by atoms with van der Waals surface area (Å²) in [7, 11) is -2.46. The second kappa shape index (κ2) is 7.08. The Morgan fingerprint density at radius 3 is 2.52 bits per heavy atom. The molecule has 1 heterocycles. The van der Waals surface area contributed by atoms with E-state index >= 15 is 0 Å². The molecule has 0 atom stereocenters. The number of halogens is 2. The van der Waals surface area contributed by atoms with Crippen LogP contribution in [0.5, 0.6) is 0 Å². The van der Waals surface area contributed by atoms with Gasteiger partial charge in [0.2, 0.25) is 10.0 Å². The average molecular weight is 534 g/mol. The molecule has 0 unspecified atom stereocenters. The normalized spacial score (nSPS) is 11.6. The molecule has 0 bridgehead atoms. The van der Waals surface area contributed by atoms with Crippen LogP contribution in [0.3, 0.4) is 0 Å². The first kappa shape index (κ1) is 18.4. The molecule has 3 rings (SSSR count). The topological polar surface area (TPSA) is 65.4 Å². The number of esters is 1. The SMILES string of the molecule is COC(=O)c1ccc(Br)c2cc(I)n(S(=O)(=O)Cc3ccccc3)c12. The van der Waals surface area contributed by atoms with Crippen LogP contribution < -0.4 is 0 Å². The molecule has 0 aliphatic heterocycles. The van der Waals surface area contributed by atoms with Crippen molar-refractivity contribution in [3.8, 4) is 0 Å². The predicted molar refractivity (Wildman–Crippen MR) is 108 cm³/mol. The summed E-state index contributed by atoms with van der Waals surface area (Å²) in [5.41, 5.74) is 1.21. The maximum atomic E-state index is 13.1. The fourth-order valence-corrected chi connectivity index (χ4v) is 6.04. The van der Waals surface area contributed by atoms with E-state index < -0.39 is 16.0 Å². The second-order valence-corrected chi connectivity index (χ2v) is 9.10. The number of fused-ring (bicyclic) bond motifs is 1. The van der Waals surface area contributed by atoms with Gasteiger partial charge >= 0.3 is 5.97 Å². The smallest absolute Gasteiger partial charge is 0.340 e. The Morgan fingerprint density at radius 1 is 1.20 bits per heavy atom. The lowest BCUT2D eigenvalue weighted by molar-refractivity contribution is 0.0602. The van der Waals surface area contributed by atoms with Crippen molar-refractivity contribution in [2.24, 2.45) is 0 Å². The third-order valence-electron chi connectivity index (χ3n) is 3.70. The minimum absolute atomic E-state index is 0.166. The van der Waals surface area contributed by atoms with Crippen molar-refractivity contribution in [1.29, 1.82) is 0 Å². The summed E-state index contributed by atoms with van der Waals surface area (Å²) in [6.07, 6.45) is 0. The first-order chi connectivity index (χ1) is 11.8. The van der Waals surface area contributed by atoms with Gasteiger partial charge in [0.05, 0.1) is 27.6 Å². The Kier molecular flexibility index (Phi) is 5.21. The molecule has 0 spiro atoms. The number of carbonyl (C=O) groups excluding carboxylic acids is 1. The summed E-state index contributed by atoms with van der Waals surface area (Å²) >= 11 is 5.38. The van der Waals surface area contributed by atoms with Crippen molar-refractivity contribution >= 4 is 65.4 Å². The van der Waals surface area contributed by atoms with Gasteiger partial charge in [-0.25, -0.2) is 17.2 Å². The van der Waals surface area contributed by atoms with Gasteiger partial charge < -0.3 is 4.74 Å². The van der Waals surface area contributed by atoms with E-state index in [1.54, 1.807) is 42.5 Å². The van der Waals surface area contributed by atoms with Gasteiger partial charge in [0.25, 0.3) is 0 Å². The third-order valence-corrected chi connectivity index (χ3v) is 7.15. The Morgan fingerprint density at radius 2 is 1.88 bits per heavy atom. The number of aromatic nitrogens is 1. The van der Waals surface area contributed by atoms with E-state index in [9.17, 15) is 13.2 Å². The van der Waals surface area contributed by atoms with E-state index in [0.29, 0.717) is 24.6 Å². The molecule has 0 saturated carbocycles. The van der Waals surface area contributed by atoms with Crippen LogP contribution in [0.4, 0.5) is 0 Å². The summed E-state index contributed by atoms with van der Waals surface area (Å²) < 4.78 is 33.4. The lowest BCUT2D eigenvalue weighted by Gasteiger charge is -2.12. The first-order valence-corrected chi connectivity index (χ1v) is 10.7. The average Bonchev–Trinajstić information content (AvgIpc) is 2.94. The molecule has 0 radical (unpaired) electrons. The minimum atomic E-state index is -3.73. The molecule has 2 aromatic carbocycles. The highest BCUT2D eigenvalue weighted by Gasteiger charge is 2.25. The zero-order valence-corrected chi connectivity index (χ0v) is 17.6. The van der Waals surface area contributed by atoms with Gasteiger partial charge in [0, 0.05) is 9.86 Å². The predicted octanol–water partition coefficient (Wildman–Crippen LogP) is 4.17. The Hall–Kier alpha value is -1.39. The van der Waals surface area contributed by atoms with Crippen LogP contribution in [0.1, 0.15) is 15.9 Å². The van der Waals surface area contributed by atoms with E-state index in [0.717, 1.165) is 0 Å². The molecule has 0 aliphatic rings. The van der Waals surface area contributed by atoms with Gasteiger partial charge in [-0.3, -0.25) is 0 Å². The molecule has 1 aromatic heterocycles. The summed E-state index contributed by atoms with van der Waals surface area (Å²) in [5, 5.41) is 0.643.